The summed E-state index contributed by atoms with van der Waals surface area (Å²) in [6.45, 7) is 1.74. The topological polar surface area (TPSA) is 47.9 Å². The van der Waals surface area contributed by atoms with E-state index in [0.29, 0.717) is 17.1 Å². The highest BCUT2D eigenvalue weighted by Gasteiger charge is 2.27. The first-order chi connectivity index (χ1) is 10.0. The van der Waals surface area contributed by atoms with Crippen LogP contribution in [0.2, 0.25) is 0 Å². The van der Waals surface area contributed by atoms with E-state index in [0.717, 1.165) is 11.3 Å². The summed E-state index contributed by atoms with van der Waals surface area (Å²) in [5, 5.41) is 10.9. The molecule has 1 atom stereocenters. The molecule has 4 nitrogen and oxygen atoms in total. The minimum Gasteiger partial charge on any atom is -0.497 e. The van der Waals surface area contributed by atoms with E-state index in [1.54, 1.807) is 46.5 Å². The number of hydrogen-bond acceptors (Lipinski definition) is 4. The molecule has 1 N–H and O–H groups in total. The smallest absolute Gasteiger partial charge is 0.122 e. The van der Waals surface area contributed by atoms with Crippen LogP contribution in [0.25, 0.3) is 0 Å². The molecule has 4 heteroatoms. The molecule has 0 heterocycles. The third-order valence-corrected chi connectivity index (χ3v) is 3.57. The van der Waals surface area contributed by atoms with Gasteiger partial charge in [0, 0.05) is 6.07 Å². The minimum absolute atomic E-state index is 0.637. The molecule has 0 spiro atoms. The predicted octanol–water partition coefficient (Wildman–Crippen LogP) is 2.97. The maximum Gasteiger partial charge on any atom is 0.122 e. The predicted molar refractivity (Wildman–Crippen MR) is 81.2 cm³/mol. The van der Waals surface area contributed by atoms with Crippen LogP contribution in [0.4, 0.5) is 0 Å². The average molecular weight is 288 g/mol. The zero-order chi connectivity index (χ0) is 15.5. The average Bonchev–Trinajstić information content (AvgIpc) is 2.54. The zero-order valence-electron chi connectivity index (χ0n) is 12.7. The summed E-state index contributed by atoms with van der Waals surface area (Å²) in [6.07, 6.45) is 0. The van der Waals surface area contributed by atoms with Crippen molar-refractivity contribution in [1.29, 1.82) is 0 Å². The highest BCUT2D eigenvalue weighted by Crippen LogP contribution is 2.34. The molecule has 0 radical (unpaired) electrons. The molecule has 0 saturated heterocycles. The lowest BCUT2D eigenvalue weighted by Gasteiger charge is -2.25. The molecular formula is C17H20O4. The number of aliphatic hydroxyl groups is 1. The molecule has 0 saturated carbocycles. The Labute approximate surface area is 124 Å². The third-order valence-electron chi connectivity index (χ3n) is 3.57. The lowest BCUT2D eigenvalue weighted by Crippen LogP contribution is -2.22. The Morgan fingerprint density at radius 1 is 0.714 bits per heavy atom. The van der Waals surface area contributed by atoms with Crippen molar-refractivity contribution in [2.75, 3.05) is 21.3 Å². The second-order valence-corrected chi connectivity index (χ2v) is 4.90. The lowest BCUT2D eigenvalue weighted by molar-refractivity contribution is 0.102. The van der Waals surface area contributed by atoms with Crippen LogP contribution in [0, 0.1) is 0 Å². The first-order valence-corrected chi connectivity index (χ1v) is 6.61. The Bertz CT molecular complexity index is 580. The summed E-state index contributed by atoms with van der Waals surface area (Å²) in [4.78, 5) is 0. The van der Waals surface area contributed by atoms with Gasteiger partial charge in [-0.3, -0.25) is 0 Å². The van der Waals surface area contributed by atoms with Gasteiger partial charge in [0.2, 0.25) is 0 Å². The van der Waals surface area contributed by atoms with E-state index >= 15 is 0 Å². The number of rotatable bonds is 5. The number of benzene rings is 2. The first kappa shape index (κ1) is 15.2. The molecule has 0 fully saturated rings. The lowest BCUT2D eigenvalue weighted by atomic mass is 9.88. The molecule has 0 amide bonds. The fourth-order valence-electron chi connectivity index (χ4n) is 2.17. The van der Waals surface area contributed by atoms with Gasteiger partial charge in [-0.25, -0.2) is 0 Å². The quantitative estimate of drug-likeness (QED) is 0.919. The Hall–Kier alpha value is -2.20. The largest absolute Gasteiger partial charge is 0.497 e. The molecule has 0 bridgehead atoms. The fourth-order valence-corrected chi connectivity index (χ4v) is 2.17. The number of hydrogen-bond donors (Lipinski definition) is 1. The summed E-state index contributed by atoms with van der Waals surface area (Å²) in [5.74, 6) is 2.02. The molecule has 1 unspecified atom stereocenters. The van der Waals surface area contributed by atoms with Gasteiger partial charge in [0.05, 0.1) is 21.3 Å². The molecule has 0 aromatic heterocycles. The fraction of sp³-hybridized carbons (Fsp3) is 0.294. The Balaban J connectivity index is 2.46. The van der Waals surface area contributed by atoms with E-state index in [1.807, 2.05) is 24.3 Å². The van der Waals surface area contributed by atoms with Crippen LogP contribution in [0.5, 0.6) is 17.2 Å². The highest BCUT2D eigenvalue weighted by atomic mass is 16.5. The highest BCUT2D eigenvalue weighted by molar-refractivity contribution is 5.45. The van der Waals surface area contributed by atoms with Crippen molar-refractivity contribution in [3.63, 3.8) is 0 Å². The van der Waals surface area contributed by atoms with Crippen LogP contribution < -0.4 is 14.2 Å². The second-order valence-electron chi connectivity index (χ2n) is 4.90. The van der Waals surface area contributed by atoms with Crippen molar-refractivity contribution in [1.82, 2.24) is 0 Å². The van der Waals surface area contributed by atoms with Crippen molar-refractivity contribution in [2.45, 2.75) is 12.5 Å². The van der Waals surface area contributed by atoms with Gasteiger partial charge < -0.3 is 19.3 Å². The maximum atomic E-state index is 10.9. The van der Waals surface area contributed by atoms with E-state index < -0.39 is 5.60 Å². The van der Waals surface area contributed by atoms with E-state index in [4.69, 9.17) is 14.2 Å². The van der Waals surface area contributed by atoms with Crippen LogP contribution >= 0.6 is 0 Å². The number of methoxy groups -OCH3 is 3. The van der Waals surface area contributed by atoms with E-state index in [9.17, 15) is 5.11 Å². The molecule has 2 aromatic carbocycles. The Morgan fingerprint density at radius 3 is 1.62 bits per heavy atom. The van der Waals surface area contributed by atoms with Gasteiger partial charge in [-0.15, -0.1) is 0 Å². The van der Waals surface area contributed by atoms with Crippen LogP contribution in [0.3, 0.4) is 0 Å². The van der Waals surface area contributed by atoms with Gasteiger partial charge in [-0.1, -0.05) is 12.1 Å². The van der Waals surface area contributed by atoms with E-state index in [1.165, 1.54) is 0 Å². The molecule has 0 aliphatic carbocycles. The summed E-state index contributed by atoms with van der Waals surface area (Å²) in [6, 6.07) is 12.7. The second kappa shape index (κ2) is 6.06. The van der Waals surface area contributed by atoms with Gasteiger partial charge in [0.15, 0.2) is 0 Å². The van der Waals surface area contributed by atoms with Crippen LogP contribution in [0.1, 0.15) is 18.1 Å². The third kappa shape index (κ3) is 3.11. The Kier molecular flexibility index (Phi) is 4.38. The minimum atomic E-state index is -1.16. The van der Waals surface area contributed by atoms with Gasteiger partial charge >= 0.3 is 0 Å². The molecular weight excluding hydrogens is 268 g/mol. The standard InChI is InChI=1S/C17H20O4/c1-17(18,12-5-7-14(19-2)8-6-12)13-9-15(20-3)11-16(10-13)21-4/h5-11,18H,1-4H3. The molecule has 2 aromatic rings. The molecule has 0 aliphatic heterocycles. The first-order valence-electron chi connectivity index (χ1n) is 6.61. The maximum absolute atomic E-state index is 10.9. The summed E-state index contributed by atoms with van der Waals surface area (Å²) < 4.78 is 15.6. The summed E-state index contributed by atoms with van der Waals surface area (Å²) >= 11 is 0. The van der Waals surface area contributed by atoms with Gasteiger partial charge in [0.1, 0.15) is 22.8 Å². The molecule has 112 valence electrons. The van der Waals surface area contributed by atoms with Crippen LogP contribution in [-0.2, 0) is 5.60 Å². The monoisotopic (exact) mass is 288 g/mol. The molecule has 21 heavy (non-hydrogen) atoms. The van der Waals surface area contributed by atoms with Crippen LogP contribution in [-0.4, -0.2) is 26.4 Å². The van der Waals surface area contributed by atoms with Crippen LogP contribution in [0.15, 0.2) is 42.5 Å². The molecule has 2 rings (SSSR count). The normalized spacial score (nSPS) is 13.4. The van der Waals surface area contributed by atoms with Crippen molar-refractivity contribution >= 4 is 0 Å². The Morgan fingerprint density at radius 2 is 1.19 bits per heavy atom. The summed E-state index contributed by atoms with van der Waals surface area (Å²) in [7, 11) is 4.78. The van der Waals surface area contributed by atoms with Crippen molar-refractivity contribution in [3.05, 3.63) is 53.6 Å². The van der Waals surface area contributed by atoms with Gasteiger partial charge in [-0.2, -0.15) is 0 Å². The summed E-state index contributed by atoms with van der Waals surface area (Å²) in [5.41, 5.74) is 0.302. The van der Waals surface area contributed by atoms with Gasteiger partial charge in [0.25, 0.3) is 0 Å². The molecule has 0 aliphatic rings. The van der Waals surface area contributed by atoms with Crippen molar-refractivity contribution < 1.29 is 19.3 Å². The van der Waals surface area contributed by atoms with E-state index in [2.05, 4.69) is 0 Å². The zero-order valence-corrected chi connectivity index (χ0v) is 12.7. The van der Waals surface area contributed by atoms with Crippen molar-refractivity contribution in [3.8, 4) is 17.2 Å². The number of ether oxygens (including phenoxy) is 3. The van der Waals surface area contributed by atoms with Crippen molar-refractivity contribution in [2.24, 2.45) is 0 Å². The van der Waals surface area contributed by atoms with Gasteiger partial charge in [-0.05, 0) is 42.3 Å². The van der Waals surface area contributed by atoms with E-state index in [-0.39, 0.29) is 0 Å². The SMILES string of the molecule is COc1ccc(C(C)(O)c2cc(OC)cc(OC)c2)cc1.